The van der Waals surface area contributed by atoms with Crippen LogP contribution in [0.2, 0.25) is 0 Å². The third-order valence-electron chi connectivity index (χ3n) is 3.76. The zero-order chi connectivity index (χ0) is 18.9. The molecule has 6 nitrogen and oxygen atoms in total. The Morgan fingerprint density at radius 3 is 2.27 bits per heavy atom. The van der Waals surface area contributed by atoms with Gasteiger partial charge in [-0.25, -0.2) is 0 Å². The van der Waals surface area contributed by atoms with Crippen LogP contribution in [0.5, 0.6) is 5.75 Å². The van der Waals surface area contributed by atoms with Gasteiger partial charge in [0.15, 0.2) is 12.4 Å². The summed E-state index contributed by atoms with van der Waals surface area (Å²) in [4.78, 5) is 35.5. The molecule has 0 saturated heterocycles. The summed E-state index contributed by atoms with van der Waals surface area (Å²) >= 11 is 0. The fraction of sp³-hybridized carbons (Fsp3) is 0.250. The van der Waals surface area contributed by atoms with Crippen molar-refractivity contribution in [2.45, 2.75) is 25.8 Å². The van der Waals surface area contributed by atoms with Crippen molar-refractivity contribution < 1.29 is 24.2 Å². The molecule has 0 aromatic heterocycles. The molecule has 0 saturated carbocycles. The smallest absolute Gasteiger partial charge is 0.310 e. The Morgan fingerprint density at radius 1 is 1.00 bits per heavy atom. The average Bonchev–Trinajstić information content (AvgIpc) is 2.62. The Labute approximate surface area is 151 Å². The Balaban J connectivity index is 1.81. The van der Waals surface area contributed by atoms with Gasteiger partial charge in [0.1, 0.15) is 5.75 Å². The molecule has 136 valence electrons. The van der Waals surface area contributed by atoms with Crippen molar-refractivity contribution >= 4 is 17.7 Å². The standard InChI is InChI=1S/C20H21NO5/c1-14(22)18(11-15-5-3-2-4-6-15)21-19(24)13-26-20(25)12-16-7-9-17(23)10-8-16/h2-10,18,23H,11-13H2,1H3,(H,21,24)/t18-/m1/s1. The molecule has 0 aliphatic rings. The minimum atomic E-state index is -0.666. The summed E-state index contributed by atoms with van der Waals surface area (Å²) in [5.74, 6) is -1.15. The third-order valence-corrected chi connectivity index (χ3v) is 3.76. The molecule has 2 rings (SSSR count). The number of phenolic OH excluding ortho intramolecular Hbond substituents is 1. The highest BCUT2D eigenvalue weighted by molar-refractivity contribution is 5.89. The summed E-state index contributed by atoms with van der Waals surface area (Å²) in [6, 6.07) is 14.8. The molecular weight excluding hydrogens is 334 g/mol. The van der Waals surface area contributed by atoms with E-state index in [-0.39, 0.29) is 18.0 Å². The van der Waals surface area contributed by atoms with Gasteiger partial charge in [-0.05, 0) is 36.6 Å². The number of benzene rings is 2. The fourth-order valence-corrected chi connectivity index (χ4v) is 2.36. The Morgan fingerprint density at radius 2 is 1.65 bits per heavy atom. The van der Waals surface area contributed by atoms with Crippen LogP contribution in [0.4, 0.5) is 0 Å². The lowest BCUT2D eigenvalue weighted by Gasteiger charge is -2.16. The van der Waals surface area contributed by atoms with E-state index in [2.05, 4.69) is 5.32 Å². The predicted molar refractivity (Wildman–Crippen MR) is 95.5 cm³/mol. The predicted octanol–water partition coefficient (Wildman–Crippen LogP) is 1.79. The van der Waals surface area contributed by atoms with Crippen molar-refractivity contribution in [3.05, 3.63) is 65.7 Å². The summed E-state index contributed by atoms with van der Waals surface area (Å²) < 4.78 is 4.94. The number of hydrogen-bond donors (Lipinski definition) is 2. The van der Waals surface area contributed by atoms with E-state index in [1.165, 1.54) is 19.1 Å². The molecule has 26 heavy (non-hydrogen) atoms. The number of carbonyl (C=O) groups excluding carboxylic acids is 3. The molecule has 0 fully saturated rings. The Bertz CT molecular complexity index is 756. The van der Waals surface area contributed by atoms with Gasteiger partial charge in [-0.1, -0.05) is 42.5 Å². The largest absolute Gasteiger partial charge is 0.508 e. The summed E-state index contributed by atoms with van der Waals surface area (Å²) in [7, 11) is 0. The van der Waals surface area contributed by atoms with Crippen molar-refractivity contribution in [1.29, 1.82) is 0 Å². The van der Waals surface area contributed by atoms with E-state index in [0.29, 0.717) is 12.0 Å². The minimum absolute atomic E-state index is 0.00624. The van der Waals surface area contributed by atoms with Crippen LogP contribution in [0, 0.1) is 0 Å². The molecule has 0 aliphatic heterocycles. The van der Waals surface area contributed by atoms with Crippen molar-refractivity contribution in [3.8, 4) is 5.75 Å². The molecule has 2 aromatic rings. The van der Waals surface area contributed by atoms with E-state index in [1.807, 2.05) is 30.3 Å². The fourth-order valence-electron chi connectivity index (χ4n) is 2.36. The molecule has 0 radical (unpaired) electrons. The number of aromatic hydroxyl groups is 1. The normalized spacial score (nSPS) is 11.4. The highest BCUT2D eigenvalue weighted by Gasteiger charge is 2.18. The van der Waals surface area contributed by atoms with E-state index in [0.717, 1.165) is 5.56 Å². The zero-order valence-electron chi connectivity index (χ0n) is 14.5. The first-order chi connectivity index (χ1) is 12.4. The van der Waals surface area contributed by atoms with Crippen molar-refractivity contribution in [2.75, 3.05) is 6.61 Å². The minimum Gasteiger partial charge on any atom is -0.508 e. The van der Waals surface area contributed by atoms with Crippen LogP contribution in [0.3, 0.4) is 0 Å². The first-order valence-electron chi connectivity index (χ1n) is 8.21. The number of ether oxygens (including phenoxy) is 1. The monoisotopic (exact) mass is 355 g/mol. The van der Waals surface area contributed by atoms with E-state index >= 15 is 0 Å². The molecule has 1 atom stereocenters. The van der Waals surface area contributed by atoms with Crippen LogP contribution in [-0.4, -0.2) is 35.4 Å². The SMILES string of the molecule is CC(=O)[C@@H](Cc1ccccc1)NC(=O)COC(=O)Cc1ccc(O)cc1. The van der Waals surface area contributed by atoms with Crippen LogP contribution >= 0.6 is 0 Å². The summed E-state index contributed by atoms with van der Waals surface area (Å²) in [6.07, 6.45) is 0.372. The molecule has 0 aliphatic carbocycles. The van der Waals surface area contributed by atoms with Gasteiger partial charge in [-0.2, -0.15) is 0 Å². The molecule has 0 heterocycles. The number of amides is 1. The van der Waals surface area contributed by atoms with Crippen molar-refractivity contribution in [1.82, 2.24) is 5.32 Å². The van der Waals surface area contributed by atoms with Crippen LogP contribution < -0.4 is 5.32 Å². The van der Waals surface area contributed by atoms with Gasteiger partial charge in [0.25, 0.3) is 5.91 Å². The number of carbonyl (C=O) groups is 3. The van der Waals surface area contributed by atoms with Crippen LogP contribution in [-0.2, 0) is 32.0 Å². The maximum atomic E-state index is 12.0. The van der Waals surface area contributed by atoms with E-state index in [9.17, 15) is 19.5 Å². The van der Waals surface area contributed by atoms with E-state index < -0.39 is 24.5 Å². The highest BCUT2D eigenvalue weighted by Crippen LogP contribution is 2.10. The quantitative estimate of drug-likeness (QED) is 0.705. The number of rotatable bonds is 8. The second-order valence-corrected chi connectivity index (χ2v) is 5.92. The lowest BCUT2D eigenvalue weighted by molar-refractivity contribution is -0.148. The summed E-state index contributed by atoms with van der Waals surface area (Å²) in [5.41, 5.74) is 1.59. The van der Waals surface area contributed by atoms with Crippen LogP contribution in [0.1, 0.15) is 18.1 Å². The van der Waals surface area contributed by atoms with Crippen LogP contribution in [0.15, 0.2) is 54.6 Å². The van der Waals surface area contributed by atoms with E-state index in [1.54, 1.807) is 12.1 Å². The van der Waals surface area contributed by atoms with Gasteiger partial charge in [0, 0.05) is 0 Å². The average molecular weight is 355 g/mol. The van der Waals surface area contributed by atoms with Gasteiger partial charge in [0.2, 0.25) is 0 Å². The van der Waals surface area contributed by atoms with Crippen molar-refractivity contribution in [2.24, 2.45) is 0 Å². The highest BCUT2D eigenvalue weighted by atomic mass is 16.5. The molecule has 6 heteroatoms. The third kappa shape index (κ3) is 6.39. The Kier molecular flexibility index (Phi) is 6.91. The molecule has 0 unspecified atom stereocenters. The number of Topliss-reactive ketones (excluding diaryl/α,β-unsaturated/α-hetero) is 1. The van der Waals surface area contributed by atoms with Gasteiger partial charge in [-0.15, -0.1) is 0 Å². The number of nitrogens with one attached hydrogen (secondary N) is 1. The Hall–Kier alpha value is -3.15. The first kappa shape index (κ1) is 19.2. The van der Waals surface area contributed by atoms with E-state index in [4.69, 9.17) is 4.74 Å². The number of phenols is 1. The van der Waals surface area contributed by atoms with Crippen molar-refractivity contribution in [3.63, 3.8) is 0 Å². The second-order valence-electron chi connectivity index (χ2n) is 5.92. The van der Waals surface area contributed by atoms with Gasteiger partial charge >= 0.3 is 5.97 Å². The molecule has 2 N–H and O–H groups in total. The maximum absolute atomic E-state index is 12.0. The number of esters is 1. The van der Waals surface area contributed by atoms with Gasteiger partial charge in [0.05, 0.1) is 12.5 Å². The van der Waals surface area contributed by atoms with Gasteiger partial charge < -0.3 is 15.2 Å². The lowest BCUT2D eigenvalue weighted by atomic mass is 10.0. The maximum Gasteiger partial charge on any atom is 0.310 e. The first-order valence-corrected chi connectivity index (χ1v) is 8.21. The summed E-state index contributed by atoms with van der Waals surface area (Å²) in [5, 5.41) is 11.8. The molecule has 0 bridgehead atoms. The molecular formula is C20H21NO5. The number of hydrogen-bond acceptors (Lipinski definition) is 5. The molecule has 1 amide bonds. The molecule has 0 spiro atoms. The second kappa shape index (κ2) is 9.36. The zero-order valence-corrected chi connectivity index (χ0v) is 14.5. The molecule has 2 aromatic carbocycles. The lowest BCUT2D eigenvalue weighted by Crippen LogP contribution is -2.43. The number of ketones is 1. The van der Waals surface area contributed by atoms with Gasteiger partial charge in [-0.3, -0.25) is 14.4 Å². The van der Waals surface area contributed by atoms with Crippen LogP contribution in [0.25, 0.3) is 0 Å². The topological polar surface area (TPSA) is 92.7 Å². The summed E-state index contributed by atoms with van der Waals surface area (Å²) in [6.45, 7) is 0.959.